The van der Waals surface area contributed by atoms with Crippen LogP contribution in [0.15, 0.2) is 67.1 Å². The molecule has 2 heterocycles. The fourth-order valence-corrected chi connectivity index (χ4v) is 5.87. The van der Waals surface area contributed by atoms with E-state index >= 15 is 0 Å². The van der Waals surface area contributed by atoms with E-state index in [1.807, 2.05) is 0 Å². The number of sulfonamides is 2. The smallest absolute Gasteiger partial charge is 0.858 e. The van der Waals surface area contributed by atoms with E-state index in [9.17, 15) is 27.0 Å². The molecule has 2 aromatic rings. The number of aliphatic hydroxyl groups excluding tert-OH is 6. The van der Waals surface area contributed by atoms with Crippen molar-refractivity contribution >= 4 is 31.8 Å². The van der Waals surface area contributed by atoms with E-state index in [2.05, 4.69) is 8.80 Å². The molecule has 248 valence electrons. The Labute approximate surface area is 282 Å². The van der Waals surface area contributed by atoms with Crippen LogP contribution in [0.3, 0.4) is 0 Å². The van der Waals surface area contributed by atoms with Crippen molar-refractivity contribution in [3.63, 3.8) is 0 Å². The van der Waals surface area contributed by atoms with Gasteiger partial charge in [0.1, 0.15) is 0 Å². The number of hydrogen-bond donors (Lipinski definition) is 6. The monoisotopic (exact) mass is 864 g/mol. The number of hydrogen-bond acceptors (Lipinski definition) is 14. The van der Waals surface area contributed by atoms with Gasteiger partial charge in [0.05, 0.1) is 49.4 Å². The van der Waals surface area contributed by atoms with Gasteiger partial charge in [-0.1, -0.05) is 36.4 Å². The van der Waals surface area contributed by atoms with Crippen LogP contribution in [-0.2, 0) is 47.7 Å². The topological polar surface area (TPSA) is 267 Å². The zero-order valence-electron chi connectivity index (χ0n) is 24.5. The number of aliphatic hydroxyl groups is 6. The Morgan fingerprint density at radius 3 is 0.978 bits per heavy atom. The average molecular weight is 863 g/mol. The summed E-state index contributed by atoms with van der Waals surface area (Å²) in [6, 6.07) is 12.0. The third-order valence-electron chi connectivity index (χ3n) is 5.69. The molecule has 19 heteroatoms. The Kier molecular flexibility index (Phi) is 21.4. The summed E-state index contributed by atoms with van der Waals surface area (Å²) >= 11 is 0. The summed E-state index contributed by atoms with van der Waals surface area (Å²) in [7, 11) is -7.36. The molecule has 0 aromatic heterocycles. The molecule has 0 fully saturated rings. The Morgan fingerprint density at radius 1 is 0.511 bits per heavy atom. The SMILES string of the molecule is O=S1(=O)N=C([O-])c2ccccc21.O=S1(=O)N=C([O-])c2ccccc21.OCCN(CCO)CCO.OCCN(CCO)CCO.[Hg+2]. The summed E-state index contributed by atoms with van der Waals surface area (Å²) < 4.78 is 50.3. The summed E-state index contributed by atoms with van der Waals surface area (Å²) in [6.45, 7) is 3.51. The van der Waals surface area contributed by atoms with Crippen molar-refractivity contribution in [1.29, 1.82) is 0 Å². The molecule has 0 amide bonds. The minimum atomic E-state index is -3.68. The molecule has 2 aromatic carbocycles. The maximum absolute atomic E-state index is 11.1. The van der Waals surface area contributed by atoms with Crippen LogP contribution in [0.4, 0.5) is 0 Å². The summed E-state index contributed by atoms with van der Waals surface area (Å²) in [5.74, 6) is -1.35. The number of nitrogens with zero attached hydrogens (tertiary/aromatic N) is 4. The maximum atomic E-state index is 11.1. The third-order valence-corrected chi connectivity index (χ3v) is 8.33. The normalized spacial score (nSPS) is 14.7. The Morgan fingerprint density at radius 2 is 0.756 bits per heavy atom. The van der Waals surface area contributed by atoms with Crippen LogP contribution in [-0.4, -0.2) is 148 Å². The molecule has 6 N–H and O–H groups in total. The van der Waals surface area contributed by atoms with Gasteiger partial charge in [-0.05, 0) is 12.1 Å². The Balaban J connectivity index is 0.000000573. The Bertz CT molecular complexity index is 1290. The molecule has 0 atom stereocenters. The maximum Gasteiger partial charge on any atom is 2.00 e. The number of rotatable bonds is 12. The minimum absolute atomic E-state index is 0. The van der Waals surface area contributed by atoms with Gasteiger partial charge in [0.25, 0.3) is 20.0 Å². The molecule has 45 heavy (non-hydrogen) atoms. The van der Waals surface area contributed by atoms with Gasteiger partial charge in [-0.15, -0.1) is 0 Å². The summed E-state index contributed by atoms with van der Waals surface area (Å²) in [5, 5.41) is 72.8. The molecule has 0 saturated carbocycles. The van der Waals surface area contributed by atoms with Crippen LogP contribution >= 0.6 is 0 Å². The second kappa shape index (κ2) is 22.4. The zero-order chi connectivity index (χ0) is 33.2. The standard InChI is InChI=1S/2C7H5NO3S.2C6H15NO3.Hg/c2*9-7-5-3-1-2-4-6(5)12(10,11)8-7;2*8-4-1-7(2-5-9)3-6-10;/h2*1-4H,(H,8,9);2*8-10H,1-6H2;/q;;;;+2/p-2. The van der Waals surface area contributed by atoms with Crippen LogP contribution < -0.4 is 10.2 Å². The Hall–Kier alpha value is -2.10. The molecular formula is C26H38HgN4O12S2. The molecule has 16 nitrogen and oxygen atoms in total. The largest absolute Gasteiger partial charge is 2.00 e. The number of fused-ring (bicyclic) bond motifs is 2. The van der Waals surface area contributed by atoms with Crippen molar-refractivity contribution in [3.8, 4) is 0 Å². The molecule has 2 aliphatic rings. The van der Waals surface area contributed by atoms with Crippen LogP contribution in [0, 0.1) is 0 Å². The fraction of sp³-hybridized carbons (Fsp3) is 0.462. The molecule has 0 aliphatic carbocycles. The van der Waals surface area contributed by atoms with E-state index in [1.165, 1.54) is 24.3 Å². The van der Waals surface area contributed by atoms with Crippen LogP contribution in [0.2, 0.25) is 0 Å². The minimum Gasteiger partial charge on any atom is -0.858 e. The molecule has 0 radical (unpaired) electrons. The van der Waals surface area contributed by atoms with Crippen molar-refractivity contribution in [2.24, 2.45) is 8.80 Å². The third kappa shape index (κ3) is 14.5. The van der Waals surface area contributed by atoms with Gasteiger partial charge >= 0.3 is 27.7 Å². The molecule has 0 unspecified atom stereocenters. The molecule has 0 bridgehead atoms. The van der Waals surface area contributed by atoms with E-state index in [0.717, 1.165) is 0 Å². The van der Waals surface area contributed by atoms with E-state index < -0.39 is 31.8 Å². The van der Waals surface area contributed by atoms with Gasteiger partial charge in [0.15, 0.2) is 0 Å². The van der Waals surface area contributed by atoms with Crippen molar-refractivity contribution in [2.75, 3.05) is 78.9 Å². The average Bonchev–Trinajstić information content (AvgIpc) is 3.37. The van der Waals surface area contributed by atoms with Gasteiger partial charge in [-0.25, -0.2) is 0 Å². The predicted octanol–water partition coefficient (Wildman–Crippen LogP) is -4.48. The van der Waals surface area contributed by atoms with E-state index in [1.54, 1.807) is 34.1 Å². The summed E-state index contributed by atoms with van der Waals surface area (Å²) in [6.07, 6.45) is 0. The van der Waals surface area contributed by atoms with E-state index in [0.29, 0.717) is 39.3 Å². The van der Waals surface area contributed by atoms with Gasteiger partial charge in [-0.3, -0.25) is 9.80 Å². The van der Waals surface area contributed by atoms with Crippen LogP contribution in [0.5, 0.6) is 0 Å². The quantitative estimate of drug-likeness (QED) is 0.110. The molecular weight excluding hydrogens is 825 g/mol. The van der Waals surface area contributed by atoms with E-state index in [4.69, 9.17) is 30.6 Å². The van der Waals surface area contributed by atoms with Crippen LogP contribution in [0.25, 0.3) is 0 Å². The second-order valence-electron chi connectivity index (χ2n) is 8.76. The van der Waals surface area contributed by atoms with Crippen molar-refractivity contribution in [2.45, 2.75) is 9.79 Å². The first-order chi connectivity index (χ1) is 20.9. The second-order valence-corrected chi connectivity index (χ2v) is 11.9. The first kappa shape index (κ1) is 42.9. The molecule has 0 saturated heterocycles. The van der Waals surface area contributed by atoms with Gasteiger partial charge in [0.2, 0.25) is 0 Å². The van der Waals surface area contributed by atoms with Crippen molar-refractivity contribution in [3.05, 3.63) is 59.7 Å². The van der Waals surface area contributed by atoms with Gasteiger partial charge in [0, 0.05) is 62.2 Å². The van der Waals surface area contributed by atoms with E-state index in [-0.39, 0.29) is 88.2 Å². The first-order valence-electron chi connectivity index (χ1n) is 13.2. The fourth-order valence-electron chi connectivity index (χ4n) is 3.67. The van der Waals surface area contributed by atoms with Gasteiger partial charge < -0.3 is 40.9 Å². The molecule has 2 aliphatic heterocycles. The zero-order valence-corrected chi connectivity index (χ0v) is 31.7. The van der Waals surface area contributed by atoms with Crippen LogP contribution in [0.1, 0.15) is 11.1 Å². The summed E-state index contributed by atoms with van der Waals surface area (Å²) in [4.78, 5) is 3.60. The van der Waals surface area contributed by atoms with Crippen molar-refractivity contribution in [1.82, 2.24) is 9.80 Å². The summed E-state index contributed by atoms with van der Waals surface area (Å²) in [5.41, 5.74) is 0.329. The molecule has 4 rings (SSSR count). The predicted molar refractivity (Wildman–Crippen MR) is 156 cm³/mol. The molecule has 0 spiro atoms. The van der Waals surface area contributed by atoms with Crippen molar-refractivity contribution < 1.29 is 85.4 Å². The first-order valence-corrected chi connectivity index (χ1v) is 16.1. The number of benzene rings is 2. The van der Waals surface area contributed by atoms with Gasteiger partial charge in [-0.2, -0.15) is 25.6 Å².